The van der Waals surface area contributed by atoms with Gasteiger partial charge >= 0.3 is 6.18 Å². The van der Waals surface area contributed by atoms with Gasteiger partial charge in [-0.25, -0.2) is 0 Å². The molecule has 1 rings (SSSR count). The van der Waals surface area contributed by atoms with Crippen molar-refractivity contribution in [3.63, 3.8) is 0 Å². The monoisotopic (exact) mass is 331 g/mol. The Morgan fingerprint density at radius 1 is 1.33 bits per heavy atom. The van der Waals surface area contributed by atoms with Gasteiger partial charge in [0.05, 0.1) is 11.3 Å². The molecule has 1 heterocycles. The van der Waals surface area contributed by atoms with Crippen LogP contribution in [0, 0.1) is 0 Å². The maximum absolute atomic E-state index is 12.2. The highest BCUT2D eigenvalue weighted by Gasteiger charge is 2.32. The molecule has 0 aromatic carbocycles. The summed E-state index contributed by atoms with van der Waals surface area (Å²) in [5.74, 6) is 0. The van der Waals surface area contributed by atoms with Crippen molar-refractivity contribution in [3.05, 3.63) is 29.6 Å². The van der Waals surface area contributed by atoms with Gasteiger partial charge in [-0.2, -0.15) is 13.2 Å². The van der Waals surface area contributed by atoms with Crippen LogP contribution in [0.1, 0.15) is 11.3 Å². The number of hydrogen-bond acceptors (Lipinski definition) is 3. The van der Waals surface area contributed by atoms with Crippen molar-refractivity contribution in [3.8, 4) is 0 Å². The molecule has 0 aliphatic heterocycles. The summed E-state index contributed by atoms with van der Waals surface area (Å²) < 4.78 is 35.7. The van der Waals surface area contributed by atoms with E-state index in [0.29, 0.717) is 5.69 Å². The van der Waals surface area contributed by atoms with Crippen molar-refractivity contribution in [1.29, 1.82) is 0 Å². The van der Waals surface area contributed by atoms with Gasteiger partial charge in [0.1, 0.15) is 3.55 Å². The van der Waals surface area contributed by atoms with Crippen molar-refractivity contribution >= 4 is 22.6 Å². The summed E-state index contributed by atoms with van der Waals surface area (Å²) in [5, 5.41) is 0. The lowest BCUT2D eigenvalue weighted by atomic mass is 10.1. The molecule has 1 aromatic heterocycles. The smallest absolute Gasteiger partial charge is 0.328 e. The summed E-state index contributed by atoms with van der Waals surface area (Å²) in [6, 6.07) is 2.18. The fraction of sp³-hybridized carbons (Fsp3) is 0.375. The summed E-state index contributed by atoms with van der Waals surface area (Å²) in [5.41, 5.74) is 10.6. The largest absolute Gasteiger partial charge is 0.417 e. The predicted molar refractivity (Wildman–Crippen MR) is 58.2 cm³/mol. The van der Waals surface area contributed by atoms with Gasteiger partial charge in [-0.15, -0.1) is 0 Å². The lowest BCUT2D eigenvalue weighted by Crippen LogP contribution is -2.38. The number of nitrogens with zero attached hydrogens (tertiary/aromatic N) is 1. The molecule has 84 valence electrons. The zero-order valence-electron chi connectivity index (χ0n) is 7.55. The highest BCUT2D eigenvalue weighted by Crippen LogP contribution is 2.30. The minimum atomic E-state index is -4.38. The Morgan fingerprint density at radius 2 is 1.93 bits per heavy atom. The normalized spacial score (nSPS) is 16.1. The van der Waals surface area contributed by atoms with E-state index in [4.69, 9.17) is 11.5 Å². The first-order valence-corrected chi connectivity index (χ1v) is 5.07. The SMILES string of the molecule is NCC(N)(I)c1ccc(C(F)(F)F)cn1. The zero-order chi connectivity index (χ0) is 11.7. The van der Waals surface area contributed by atoms with E-state index in [1.54, 1.807) is 0 Å². The molecule has 15 heavy (non-hydrogen) atoms. The molecule has 3 nitrogen and oxygen atoms in total. The Morgan fingerprint density at radius 3 is 2.27 bits per heavy atom. The third-order valence-electron chi connectivity index (χ3n) is 1.81. The summed E-state index contributed by atoms with van der Waals surface area (Å²) in [6.07, 6.45) is -3.62. The fourth-order valence-corrected chi connectivity index (χ4v) is 1.23. The maximum atomic E-state index is 12.2. The summed E-state index contributed by atoms with van der Waals surface area (Å²) in [4.78, 5) is 3.66. The first kappa shape index (κ1) is 12.7. The number of alkyl halides is 4. The molecule has 7 heteroatoms. The third kappa shape index (κ3) is 3.02. The minimum Gasteiger partial charge on any atom is -0.328 e. The van der Waals surface area contributed by atoms with Crippen molar-refractivity contribution in [2.24, 2.45) is 11.5 Å². The molecular formula is C8H9F3IN3. The van der Waals surface area contributed by atoms with Crippen LogP contribution in [0.2, 0.25) is 0 Å². The Bertz CT molecular complexity index is 334. The Balaban J connectivity index is 3.01. The van der Waals surface area contributed by atoms with Crippen LogP contribution in [0.25, 0.3) is 0 Å². The number of pyridine rings is 1. The number of aromatic nitrogens is 1. The van der Waals surface area contributed by atoms with E-state index in [2.05, 4.69) is 4.98 Å². The molecule has 0 saturated carbocycles. The Labute approximate surface area is 98.2 Å². The lowest BCUT2D eigenvalue weighted by molar-refractivity contribution is -0.137. The molecule has 0 aliphatic rings. The maximum Gasteiger partial charge on any atom is 0.417 e. The highest BCUT2D eigenvalue weighted by molar-refractivity contribution is 14.1. The van der Waals surface area contributed by atoms with Crippen molar-refractivity contribution in [2.45, 2.75) is 9.72 Å². The standard InChI is InChI=1S/C8H9F3IN3/c9-8(10,11)5-1-2-6(15-3-5)7(12,14)4-13/h1-3H,4,13-14H2. The molecule has 4 N–H and O–H groups in total. The van der Waals surface area contributed by atoms with Crippen LogP contribution < -0.4 is 11.5 Å². The minimum absolute atomic E-state index is 0.103. The van der Waals surface area contributed by atoms with Crippen LogP contribution in [-0.4, -0.2) is 11.5 Å². The molecule has 0 spiro atoms. The van der Waals surface area contributed by atoms with Crippen LogP contribution in [0.15, 0.2) is 18.3 Å². The average molecular weight is 331 g/mol. The Kier molecular flexibility index (Phi) is 3.56. The van der Waals surface area contributed by atoms with Gasteiger partial charge in [0, 0.05) is 12.7 Å². The van der Waals surface area contributed by atoms with Crippen molar-refractivity contribution in [2.75, 3.05) is 6.54 Å². The van der Waals surface area contributed by atoms with Crippen molar-refractivity contribution < 1.29 is 13.2 Å². The van der Waals surface area contributed by atoms with E-state index in [1.807, 2.05) is 22.6 Å². The number of rotatable bonds is 2. The number of hydrogen-bond donors (Lipinski definition) is 2. The van der Waals surface area contributed by atoms with E-state index in [1.165, 1.54) is 6.07 Å². The Hall–Kier alpha value is -0.410. The van der Waals surface area contributed by atoms with Gasteiger partial charge in [-0.3, -0.25) is 4.98 Å². The molecule has 1 atom stereocenters. The second-order valence-electron chi connectivity index (χ2n) is 3.00. The molecule has 1 unspecified atom stereocenters. The summed E-state index contributed by atoms with van der Waals surface area (Å²) in [6.45, 7) is 0.103. The molecule has 1 aromatic rings. The number of halogens is 4. The van der Waals surface area contributed by atoms with Gasteiger partial charge in [0.2, 0.25) is 0 Å². The van der Waals surface area contributed by atoms with E-state index >= 15 is 0 Å². The van der Waals surface area contributed by atoms with Crippen LogP contribution in [0.5, 0.6) is 0 Å². The second-order valence-corrected chi connectivity index (χ2v) is 4.92. The molecule has 0 bridgehead atoms. The van der Waals surface area contributed by atoms with Crippen LogP contribution >= 0.6 is 22.6 Å². The van der Waals surface area contributed by atoms with Crippen molar-refractivity contribution in [1.82, 2.24) is 4.98 Å². The molecule has 0 amide bonds. The van der Waals surface area contributed by atoms with E-state index in [-0.39, 0.29) is 6.54 Å². The third-order valence-corrected chi connectivity index (χ3v) is 2.81. The average Bonchev–Trinajstić information content (AvgIpc) is 2.17. The molecular weight excluding hydrogens is 322 g/mol. The first-order valence-electron chi connectivity index (χ1n) is 3.99. The summed E-state index contributed by atoms with van der Waals surface area (Å²) >= 11 is 1.85. The molecule has 0 aliphatic carbocycles. The quantitative estimate of drug-likeness (QED) is 0.492. The molecule has 0 radical (unpaired) electrons. The van der Waals surface area contributed by atoms with Gasteiger partial charge in [0.15, 0.2) is 0 Å². The molecule has 0 saturated heterocycles. The fourth-order valence-electron chi connectivity index (χ4n) is 0.912. The number of nitrogens with two attached hydrogens (primary N) is 2. The predicted octanol–water partition coefficient (Wildman–Crippen LogP) is 1.61. The van der Waals surface area contributed by atoms with E-state index < -0.39 is 15.3 Å². The van der Waals surface area contributed by atoms with E-state index in [0.717, 1.165) is 12.3 Å². The topological polar surface area (TPSA) is 64.9 Å². The van der Waals surface area contributed by atoms with Gasteiger partial charge in [-0.05, 0) is 12.1 Å². The lowest BCUT2D eigenvalue weighted by Gasteiger charge is -2.19. The van der Waals surface area contributed by atoms with Gasteiger partial charge in [0.25, 0.3) is 0 Å². The van der Waals surface area contributed by atoms with E-state index in [9.17, 15) is 13.2 Å². The molecule has 0 fully saturated rings. The summed E-state index contributed by atoms with van der Waals surface area (Å²) in [7, 11) is 0. The van der Waals surface area contributed by atoms with Gasteiger partial charge in [-0.1, -0.05) is 22.6 Å². The highest BCUT2D eigenvalue weighted by atomic mass is 127. The first-order chi connectivity index (χ1) is 6.77. The van der Waals surface area contributed by atoms with Crippen LogP contribution in [-0.2, 0) is 9.72 Å². The van der Waals surface area contributed by atoms with Gasteiger partial charge < -0.3 is 11.5 Å². The van der Waals surface area contributed by atoms with Crippen LogP contribution in [0.3, 0.4) is 0 Å². The second kappa shape index (κ2) is 4.22. The zero-order valence-corrected chi connectivity index (χ0v) is 9.71. The van der Waals surface area contributed by atoms with Crippen LogP contribution in [0.4, 0.5) is 13.2 Å².